The van der Waals surface area contributed by atoms with E-state index in [1.165, 1.54) is 19.4 Å². The molecule has 0 aliphatic carbocycles. The number of ether oxygens (including phenoxy) is 2. The molecule has 0 saturated carbocycles. The van der Waals surface area contributed by atoms with Gasteiger partial charge in [-0.1, -0.05) is 17.4 Å². The molecule has 2 aliphatic rings. The number of anilines is 2. The van der Waals surface area contributed by atoms with Gasteiger partial charge in [0, 0.05) is 23.4 Å². The Morgan fingerprint density at radius 3 is 2.62 bits per heavy atom. The van der Waals surface area contributed by atoms with E-state index in [-0.39, 0.29) is 42.5 Å². The number of hydrogen-bond acceptors (Lipinski definition) is 10. The summed E-state index contributed by atoms with van der Waals surface area (Å²) in [4.78, 5) is 33.5. The van der Waals surface area contributed by atoms with Gasteiger partial charge in [-0.15, -0.1) is 0 Å². The van der Waals surface area contributed by atoms with Crippen molar-refractivity contribution in [3.8, 4) is 17.4 Å². The standard InChI is InChI=1S/C28H31F3N6O5/c1-36-11-9-19(10-12-36)33-25(38)17-7-8-22(24(13-17)39-2)34-27-32-14-21(28(29,30)31)26(35-27)42-23-6-4-5-18-15-37(40-3)41-16-20(18)23/h4-8,13-14,19H,9-12,15-16H2,1-3H3,(H,33,38)(H,32,34,35). The highest BCUT2D eigenvalue weighted by Crippen LogP contribution is 2.39. The second-order valence-electron chi connectivity index (χ2n) is 9.94. The fraction of sp³-hybridized carbons (Fsp3) is 0.393. The Morgan fingerprint density at radius 2 is 1.90 bits per heavy atom. The van der Waals surface area contributed by atoms with Gasteiger partial charge in [0.15, 0.2) is 0 Å². The van der Waals surface area contributed by atoms with Gasteiger partial charge < -0.3 is 25.0 Å². The number of halogens is 3. The van der Waals surface area contributed by atoms with Crippen molar-refractivity contribution in [3.63, 3.8) is 0 Å². The quantitative estimate of drug-likeness (QED) is 0.385. The number of hydrogen-bond donors (Lipinski definition) is 2. The molecule has 224 valence electrons. The summed E-state index contributed by atoms with van der Waals surface area (Å²) < 4.78 is 52.8. The molecule has 2 aromatic carbocycles. The highest BCUT2D eigenvalue weighted by molar-refractivity contribution is 5.95. The SMILES string of the molecule is COc1cc(C(=O)NC2CCN(C)CC2)ccc1Nc1ncc(C(F)(F)F)c(Oc2cccc3c2CON(OC)C3)n1. The first-order chi connectivity index (χ1) is 20.1. The number of carbonyl (C=O) groups is 1. The Morgan fingerprint density at radius 1 is 1.12 bits per heavy atom. The van der Waals surface area contributed by atoms with E-state index in [1.54, 1.807) is 36.4 Å². The number of piperidine rings is 1. The van der Waals surface area contributed by atoms with Crippen molar-refractivity contribution in [1.29, 1.82) is 0 Å². The van der Waals surface area contributed by atoms with Crippen molar-refractivity contribution < 1.29 is 37.1 Å². The number of carbonyl (C=O) groups excluding carboxylic acids is 1. The Bertz CT molecular complexity index is 1430. The van der Waals surface area contributed by atoms with Gasteiger partial charge in [-0.2, -0.15) is 18.2 Å². The molecule has 0 unspecified atom stereocenters. The zero-order chi connectivity index (χ0) is 29.9. The molecule has 0 bridgehead atoms. The van der Waals surface area contributed by atoms with E-state index in [2.05, 4.69) is 25.5 Å². The highest BCUT2D eigenvalue weighted by atomic mass is 19.4. The number of aromatic nitrogens is 2. The van der Waals surface area contributed by atoms with E-state index in [0.29, 0.717) is 23.0 Å². The first-order valence-corrected chi connectivity index (χ1v) is 13.3. The zero-order valence-electron chi connectivity index (χ0n) is 23.3. The number of nitrogens with zero attached hydrogens (tertiary/aromatic N) is 4. The molecular weight excluding hydrogens is 557 g/mol. The van der Waals surface area contributed by atoms with Crippen LogP contribution >= 0.6 is 0 Å². The number of hydroxylamine groups is 2. The number of alkyl halides is 3. The Balaban J connectivity index is 1.37. The topological polar surface area (TPSA) is 110 Å². The van der Waals surface area contributed by atoms with Crippen molar-refractivity contribution in [1.82, 2.24) is 25.4 Å². The van der Waals surface area contributed by atoms with Gasteiger partial charge in [-0.05, 0) is 62.8 Å². The van der Waals surface area contributed by atoms with Gasteiger partial charge in [0.05, 0.1) is 26.5 Å². The lowest BCUT2D eigenvalue weighted by Gasteiger charge is -2.29. The monoisotopic (exact) mass is 588 g/mol. The van der Waals surface area contributed by atoms with Gasteiger partial charge in [0.1, 0.15) is 23.7 Å². The van der Waals surface area contributed by atoms with E-state index >= 15 is 0 Å². The first kappa shape index (κ1) is 29.5. The third kappa shape index (κ3) is 6.73. The minimum Gasteiger partial charge on any atom is -0.495 e. The summed E-state index contributed by atoms with van der Waals surface area (Å²) >= 11 is 0. The Hall–Kier alpha value is -3.98. The van der Waals surface area contributed by atoms with Gasteiger partial charge in [0.25, 0.3) is 5.91 Å². The van der Waals surface area contributed by atoms with Crippen LogP contribution in [0.5, 0.6) is 17.4 Å². The maximum atomic E-state index is 13.9. The van der Waals surface area contributed by atoms with Crippen LogP contribution in [-0.4, -0.2) is 66.4 Å². The molecule has 11 nitrogen and oxygen atoms in total. The number of likely N-dealkylation sites (tertiary alicyclic amines) is 1. The fourth-order valence-corrected chi connectivity index (χ4v) is 4.74. The molecule has 2 N–H and O–H groups in total. The lowest BCUT2D eigenvalue weighted by Crippen LogP contribution is -2.43. The molecule has 2 aliphatic heterocycles. The predicted octanol–water partition coefficient (Wildman–Crippen LogP) is 4.67. The summed E-state index contributed by atoms with van der Waals surface area (Å²) in [6, 6.07) is 9.81. The smallest absolute Gasteiger partial charge is 0.423 e. The zero-order valence-corrected chi connectivity index (χ0v) is 23.3. The maximum absolute atomic E-state index is 13.9. The Kier molecular flexibility index (Phi) is 8.77. The Labute approximate surface area is 240 Å². The molecule has 42 heavy (non-hydrogen) atoms. The number of rotatable bonds is 8. The lowest BCUT2D eigenvalue weighted by molar-refractivity contribution is -0.375. The summed E-state index contributed by atoms with van der Waals surface area (Å²) in [7, 11) is 4.92. The number of amides is 1. The second kappa shape index (κ2) is 12.5. The van der Waals surface area contributed by atoms with Crippen molar-refractivity contribution in [2.45, 2.75) is 38.2 Å². The van der Waals surface area contributed by atoms with E-state index in [1.807, 2.05) is 7.05 Å². The lowest BCUT2D eigenvalue weighted by atomic mass is 10.0. The summed E-state index contributed by atoms with van der Waals surface area (Å²) in [5, 5.41) is 7.18. The van der Waals surface area contributed by atoms with Crippen LogP contribution in [0.25, 0.3) is 0 Å². The van der Waals surface area contributed by atoms with Crippen LogP contribution in [0.15, 0.2) is 42.6 Å². The number of nitrogens with one attached hydrogen (secondary N) is 2. The van der Waals surface area contributed by atoms with Gasteiger partial charge >= 0.3 is 6.18 Å². The molecule has 1 aromatic heterocycles. The average Bonchev–Trinajstić information content (AvgIpc) is 2.98. The molecule has 3 aromatic rings. The largest absolute Gasteiger partial charge is 0.495 e. The van der Waals surface area contributed by atoms with Crippen LogP contribution < -0.4 is 20.1 Å². The van der Waals surface area contributed by atoms with E-state index in [4.69, 9.17) is 19.1 Å². The van der Waals surface area contributed by atoms with Crippen LogP contribution in [0, 0.1) is 0 Å². The van der Waals surface area contributed by atoms with E-state index < -0.39 is 17.6 Å². The molecule has 0 spiro atoms. The van der Waals surface area contributed by atoms with Crippen molar-refractivity contribution >= 4 is 17.5 Å². The van der Waals surface area contributed by atoms with Crippen LogP contribution in [0.1, 0.15) is 39.9 Å². The number of fused-ring (bicyclic) bond motifs is 1. The summed E-state index contributed by atoms with van der Waals surface area (Å²) in [5.74, 6) is -0.633. The molecule has 1 amide bonds. The van der Waals surface area contributed by atoms with Crippen LogP contribution in [0.2, 0.25) is 0 Å². The third-order valence-electron chi connectivity index (χ3n) is 7.12. The van der Waals surface area contributed by atoms with Gasteiger partial charge in [-0.25, -0.2) is 4.98 Å². The average molecular weight is 589 g/mol. The molecule has 5 rings (SSSR count). The first-order valence-electron chi connectivity index (χ1n) is 13.3. The van der Waals surface area contributed by atoms with Gasteiger partial charge in [0.2, 0.25) is 11.8 Å². The summed E-state index contributed by atoms with van der Waals surface area (Å²) in [5.41, 5.74) is 0.934. The molecule has 14 heteroatoms. The van der Waals surface area contributed by atoms with Crippen molar-refractivity contribution in [2.24, 2.45) is 0 Å². The highest BCUT2D eigenvalue weighted by Gasteiger charge is 2.37. The van der Waals surface area contributed by atoms with E-state index in [0.717, 1.165) is 31.5 Å². The van der Waals surface area contributed by atoms with Gasteiger partial charge in [-0.3, -0.25) is 14.5 Å². The number of benzene rings is 2. The summed E-state index contributed by atoms with van der Waals surface area (Å²) in [6.07, 6.45) is -2.40. The molecule has 0 radical (unpaired) electrons. The molecule has 1 saturated heterocycles. The third-order valence-corrected chi connectivity index (χ3v) is 7.12. The van der Waals surface area contributed by atoms with Crippen LogP contribution in [0.4, 0.5) is 24.8 Å². The minimum absolute atomic E-state index is 0.0335. The number of methoxy groups -OCH3 is 1. The summed E-state index contributed by atoms with van der Waals surface area (Å²) in [6.45, 7) is 2.11. The molecule has 1 fully saturated rings. The van der Waals surface area contributed by atoms with Crippen LogP contribution in [0.3, 0.4) is 0 Å². The predicted molar refractivity (Wildman–Crippen MR) is 145 cm³/mol. The van der Waals surface area contributed by atoms with Crippen molar-refractivity contribution in [3.05, 3.63) is 64.8 Å². The minimum atomic E-state index is -4.77. The van der Waals surface area contributed by atoms with Crippen molar-refractivity contribution in [2.75, 3.05) is 39.7 Å². The second-order valence-corrected chi connectivity index (χ2v) is 9.94. The normalized spacial score (nSPS) is 16.5. The molecule has 0 atom stereocenters. The maximum Gasteiger partial charge on any atom is 0.423 e. The molecular formula is C28H31F3N6O5. The fourth-order valence-electron chi connectivity index (χ4n) is 4.74. The molecule has 3 heterocycles. The van der Waals surface area contributed by atoms with E-state index in [9.17, 15) is 18.0 Å². The van der Waals surface area contributed by atoms with Crippen LogP contribution in [-0.2, 0) is 29.0 Å².